The predicted molar refractivity (Wildman–Crippen MR) is 59.5 cm³/mol. The summed E-state index contributed by atoms with van der Waals surface area (Å²) < 4.78 is 24.1. The van der Waals surface area contributed by atoms with E-state index in [1.165, 1.54) is 24.3 Å². The molecule has 0 aliphatic heterocycles. The minimum absolute atomic E-state index is 0.365. The molecule has 0 bridgehead atoms. The number of rotatable bonds is 4. The second-order valence-electron chi connectivity index (χ2n) is 3.31. The van der Waals surface area contributed by atoms with Gasteiger partial charge >= 0.3 is 5.97 Å². The average Bonchev–Trinajstić information content (AvgIpc) is 2.15. The smallest absolute Gasteiger partial charge is 0.325 e. The molecular formula is C9H12N2O4S. The maximum Gasteiger partial charge on any atom is 0.325 e. The van der Waals surface area contributed by atoms with Crippen LogP contribution >= 0.6 is 0 Å². The van der Waals surface area contributed by atoms with Crippen molar-refractivity contribution in [2.24, 2.45) is 5.73 Å². The molecule has 0 fully saturated rings. The van der Waals surface area contributed by atoms with Crippen LogP contribution in [0.5, 0.6) is 0 Å². The Hall–Kier alpha value is -1.60. The van der Waals surface area contributed by atoms with Gasteiger partial charge in [-0.25, -0.2) is 8.42 Å². The molecule has 16 heavy (non-hydrogen) atoms. The zero-order valence-corrected chi connectivity index (χ0v) is 9.36. The van der Waals surface area contributed by atoms with Gasteiger partial charge in [-0.2, -0.15) is 0 Å². The van der Waals surface area contributed by atoms with E-state index in [1.54, 1.807) is 0 Å². The molecule has 1 aromatic rings. The number of nitrogens with one attached hydrogen (secondary N) is 1. The van der Waals surface area contributed by atoms with Gasteiger partial charge in [0, 0.05) is 5.69 Å². The van der Waals surface area contributed by atoms with Crippen LogP contribution in [0.1, 0.15) is 11.6 Å². The molecule has 0 spiro atoms. The summed E-state index contributed by atoms with van der Waals surface area (Å²) in [5.41, 5.74) is 6.15. The maximum atomic E-state index is 10.9. The lowest BCUT2D eigenvalue weighted by Gasteiger charge is -2.08. The van der Waals surface area contributed by atoms with Gasteiger partial charge in [0.15, 0.2) is 0 Å². The molecule has 88 valence electrons. The maximum absolute atomic E-state index is 10.9. The first-order chi connectivity index (χ1) is 7.29. The molecule has 7 heteroatoms. The third-order valence-corrected chi connectivity index (χ3v) is 2.45. The van der Waals surface area contributed by atoms with E-state index < -0.39 is 22.0 Å². The molecule has 0 unspecified atom stereocenters. The van der Waals surface area contributed by atoms with Crippen molar-refractivity contribution in [3.8, 4) is 0 Å². The van der Waals surface area contributed by atoms with Crippen LogP contribution in [0.2, 0.25) is 0 Å². The van der Waals surface area contributed by atoms with Crippen LogP contribution in [0.25, 0.3) is 0 Å². The number of carboxylic acid groups (broad SMARTS) is 1. The lowest BCUT2D eigenvalue weighted by molar-refractivity contribution is -0.138. The number of benzene rings is 1. The number of carbonyl (C=O) groups is 1. The van der Waals surface area contributed by atoms with Gasteiger partial charge in [-0.05, 0) is 17.7 Å². The quantitative estimate of drug-likeness (QED) is 0.698. The molecule has 0 amide bonds. The summed E-state index contributed by atoms with van der Waals surface area (Å²) in [7, 11) is -3.32. The molecule has 0 aliphatic carbocycles. The van der Waals surface area contributed by atoms with Crippen molar-refractivity contribution in [2.45, 2.75) is 6.04 Å². The summed E-state index contributed by atoms with van der Waals surface area (Å²) in [4.78, 5) is 10.6. The first-order valence-electron chi connectivity index (χ1n) is 4.36. The van der Waals surface area contributed by atoms with Crippen LogP contribution < -0.4 is 10.5 Å². The van der Waals surface area contributed by atoms with Crippen molar-refractivity contribution < 1.29 is 18.3 Å². The highest BCUT2D eigenvalue weighted by molar-refractivity contribution is 7.92. The van der Waals surface area contributed by atoms with Crippen LogP contribution in [-0.2, 0) is 14.8 Å². The van der Waals surface area contributed by atoms with Crippen LogP contribution in [0.4, 0.5) is 5.69 Å². The molecular weight excluding hydrogens is 232 g/mol. The third kappa shape index (κ3) is 3.52. The number of carboxylic acids is 1. The molecule has 0 aliphatic rings. The van der Waals surface area contributed by atoms with E-state index >= 15 is 0 Å². The van der Waals surface area contributed by atoms with Crippen molar-refractivity contribution >= 4 is 21.7 Å². The van der Waals surface area contributed by atoms with E-state index in [2.05, 4.69) is 4.72 Å². The predicted octanol–water partition coefficient (Wildman–Crippen LogP) is 0.142. The first kappa shape index (κ1) is 12.5. The molecule has 4 N–H and O–H groups in total. The molecule has 1 rings (SSSR count). The fourth-order valence-corrected chi connectivity index (χ4v) is 1.68. The van der Waals surface area contributed by atoms with E-state index in [4.69, 9.17) is 10.8 Å². The van der Waals surface area contributed by atoms with Crippen molar-refractivity contribution in [2.75, 3.05) is 11.0 Å². The molecule has 1 atom stereocenters. The summed E-state index contributed by atoms with van der Waals surface area (Å²) in [5, 5.41) is 8.65. The third-order valence-electron chi connectivity index (χ3n) is 1.84. The number of sulfonamides is 1. The Bertz CT molecular complexity index is 481. The Morgan fingerprint density at radius 2 is 1.88 bits per heavy atom. The number of hydrogen-bond acceptors (Lipinski definition) is 4. The fourth-order valence-electron chi connectivity index (χ4n) is 1.12. The zero-order chi connectivity index (χ0) is 12.3. The molecule has 1 aromatic carbocycles. The Balaban J connectivity index is 2.87. The Kier molecular flexibility index (Phi) is 3.51. The first-order valence-corrected chi connectivity index (χ1v) is 6.25. The van der Waals surface area contributed by atoms with Gasteiger partial charge in [-0.15, -0.1) is 0 Å². The monoisotopic (exact) mass is 244 g/mol. The van der Waals surface area contributed by atoms with E-state index in [9.17, 15) is 13.2 Å². The standard InChI is InChI=1S/C9H12N2O4S/c1-16(14,15)11-7-4-2-6(3-5-7)8(10)9(12)13/h2-5,8,11H,10H2,1H3,(H,12,13)/t8-/m1/s1. The van der Waals surface area contributed by atoms with Gasteiger partial charge in [-0.1, -0.05) is 12.1 Å². The summed E-state index contributed by atoms with van der Waals surface area (Å²) in [5.74, 6) is -1.14. The minimum Gasteiger partial charge on any atom is -0.480 e. The second kappa shape index (κ2) is 4.50. The van der Waals surface area contributed by atoms with E-state index in [1.807, 2.05) is 0 Å². The Morgan fingerprint density at radius 1 is 1.38 bits per heavy atom. The molecule has 0 saturated heterocycles. The highest BCUT2D eigenvalue weighted by atomic mass is 32.2. The summed E-state index contributed by atoms with van der Waals surface area (Å²) in [6, 6.07) is 4.74. The van der Waals surface area contributed by atoms with E-state index in [-0.39, 0.29) is 0 Å². The van der Waals surface area contributed by atoms with Crippen molar-refractivity contribution in [3.05, 3.63) is 29.8 Å². The van der Waals surface area contributed by atoms with Crippen molar-refractivity contribution in [1.29, 1.82) is 0 Å². The summed E-state index contributed by atoms with van der Waals surface area (Å²) >= 11 is 0. The molecule has 0 saturated carbocycles. The minimum atomic E-state index is -3.32. The van der Waals surface area contributed by atoms with Crippen LogP contribution in [0.15, 0.2) is 24.3 Å². The zero-order valence-electron chi connectivity index (χ0n) is 8.54. The average molecular weight is 244 g/mol. The number of nitrogens with two attached hydrogens (primary N) is 1. The largest absolute Gasteiger partial charge is 0.480 e. The van der Waals surface area contributed by atoms with E-state index in [0.717, 1.165) is 6.26 Å². The van der Waals surface area contributed by atoms with Crippen molar-refractivity contribution in [1.82, 2.24) is 0 Å². The highest BCUT2D eigenvalue weighted by Crippen LogP contribution is 2.15. The fraction of sp³-hybridized carbons (Fsp3) is 0.222. The molecule has 0 radical (unpaired) electrons. The van der Waals surface area contributed by atoms with Gasteiger partial charge in [-0.3, -0.25) is 9.52 Å². The molecule has 0 heterocycles. The Labute approximate surface area is 93.1 Å². The van der Waals surface area contributed by atoms with Gasteiger partial charge in [0.2, 0.25) is 10.0 Å². The van der Waals surface area contributed by atoms with Gasteiger partial charge < -0.3 is 10.8 Å². The van der Waals surface area contributed by atoms with Crippen molar-refractivity contribution in [3.63, 3.8) is 0 Å². The van der Waals surface area contributed by atoms with Gasteiger partial charge in [0.1, 0.15) is 6.04 Å². The van der Waals surface area contributed by atoms with Gasteiger partial charge in [0.25, 0.3) is 0 Å². The topological polar surface area (TPSA) is 109 Å². The summed E-state index contributed by atoms with van der Waals surface area (Å²) in [6.07, 6.45) is 1.03. The Morgan fingerprint density at radius 3 is 2.25 bits per heavy atom. The van der Waals surface area contributed by atoms with Crippen LogP contribution in [0, 0.1) is 0 Å². The number of hydrogen-bond donors (Lipinski definition) is 3. The number of aliphatic carboxylic acids is 1. The molecule has 0 aromatic heterocycles. The lowest BCUT2D eigenvalue weighted by Crippen LogP contribution is -2.20. The number of anilines is 1. The van der Waals surface area contributed by atoms with E-state index in [0.29, 0.717) is 11.3 Å². The normalized spacial score (nSPS) is 13.1. The molecule has 6 nitrogen and oxygen atoms in total. The van der Waals surface area contributed by atoms with Gasteiger partial charge in [0.05, 0.1) is 6.26 Å². The SMILES string of the molecule is CS(=O)(=O)Nc1ccc([C@@H](N)C(=O)O)cc1. The highest BCUT2D eigenvalue weighted by Gasteiger charge is 2.13. The second-order valence-corrected chi connectivity index (χ2v) is 5.06. The van der Waals surface area contributed by atoms with Crippen LogP contribution in [0.3, 0.4) is 0 Å². The van der Waals surface area contributed by atoms with Crippen LogP contribution in [-0.4, -0.2) is 25.7 Å². The summed E-state index contributed by atoms with van der Waals surface area (Å²) in [6.45, 7) is 0. The lowest BCUT2D eigenvalue weighted by atomic mass is 10.1.